The molecule has 1 heterocycles. The average molecular weight is 393 g/mol. The van der Waals surface area contributed by atoms with Gasteiger partial charge in [-0.25, -0.2) is 0 Å². The number of amides is 1. The molecule has 1 N–H and O–H groups in total. The Morgan fingerprint density at radius 1 is 1.07 bits per heavy atom. The number of hydrogen-bond acceptors (Lipinski definition) is 4. The highest BCUT2D eigenvalue weighted by atomic mass is 19.4. The molecule has 150 valence electrons. The second-order valence-electron chi connectivity index (χ2n) is 6.71. The lowest BCUT2D eigenvalue weighted by molar-refractivity contribution is -0.137. The molecular formula is C20H22F3N3O2. The van der Waals surface area contributed by atoms with Gasteiger partial charge in [-0.15, -0.1) is 0 Å². The van der Waals surface area contributed by atoms with Crippen LogP contribution in [0.3, 0.4) is 0 Å². The largest absolute Gasteiger partial charge is 0.497 e. The molecule has 2 aromatic rings. The van der Waals surface area contributed by atoms with Crippen molar-refractivity contribution in [3.8, 4) is 5.75 Å². The first-order valence-corrected chi connectivity index (χ1v) is 8.88. The van der Waals surface area contributed by atoms with Gasteiger partial charge in [0, 0.05) is 31.7 Å². The number of nitrogens with one attached hydrogen (secondary N) is 1. The van der Waals surface area contributed by atoms with E-state index in [9.17, 15) is 18.0 Å². The molecule has 5 nitrogen and oxygen atoms in total. The maximum atomic E-state index is 13.2. The number of likely N-dealkylation sites (N-methyl/N-ethyl adjacent to an activating group) is 1. The Labute approximate surface area is 161 Å². The molecule has 0 aromatic heterocycles. The Balaban J connectivity index is 1.92. The molecule has 1 aliphatic heterocycles. The number of carbonyl (C=O) groups is 1. The first kappa shape index (κ1) is 20.0. The van der Waals surface area contributed by atoms with Crippen LogP contribution in [0.5, 0.6) is 5.75 Å². The van der Waals surface area contributed by atoms with Crippen molar-refractivity contribution in [2.45, 2.75) is 6.18 Å². The third-order valence-corrected chi connectivity index (χ3v) is 4.75. The van der Waals surface area contributed by atoms with E-state index in [2.05, 4.69) is 10.2 Å². The lowest BCUT2D eigenvalue weighted by atomic mass is 10.1. The third-order valence-electron chi connectivity index (χ3n) is 4.75. The number of benzene rings is 2. The highest BCUT2D eigenvalue weighted by Gasteiger charge is 2.32. The van der Waals surface area contributed by atoms with Gasteiger partial charge >= 0.3 is 6.18 Å². The van der Waals surface area contributed by atoms with Crippen molar-refractivity contribution in [2.75, 3.05) is 50.6 Å². The van der Waals surface area contributed by atoms with E-state index in [4.69, 9.17) is 4.74 Å². The number of hydrogen-bond donors (Lipinski definition) is 1. The SMILES string of the molecule is COc1cccc(C(=O)Nc2cc(C(F)(F)F)ccc2N2CCN(C)CC2)c1. The standard InChI is InChI=1S/C20H22F3N3O2/c1-25-8-10-26(11-9-25)18-7-6-15(20(21,22)23)13-17(18)24-19(27)14-4-3-5-16(12-14)28-2/h3-7,12-13H,8-11H2,1-2H3,(H,24,27). The second-order valence-corrected chi connectivity index (χ2v) is 6.71. The maximum absolute atomic E-state index is 13.2. The van der Waals surface area contributed by atoms with Gasteiger partial charge < -0.3 is 19.9 Å². The van der Waals surface area contributed by atoms with E-state index in [1.54, 1.807) is 24.3 Å². The van der Waals surface area contributed by atoms with Crippen LogP contribution in [-0.2, 0) is 6.18 Å². The van der Waals surface area contributed by atoms with Crippen LogP contribution in [0.1, 0.15) is 15.9 Å². The minimum Gasteiger partial charge on any atom is -0.497 e. The molecule has 28 heavy (non-hydrogen) atoms. The lowest BCUT2D eigenvalue weighted by Crippen LogP contribution is -2.44. The molecule has 0 aliphatic carbocycles. The molecule has 0 radical (unpaired) electrons. The number of piperazine rings is 1. The van der Waals surface area contributed by atoms with Crippen molar-refractivity contribution in [3.63, 3.8) is 0 Å². The average Bonchev–Trinajstić information content (AvgIpc) is 2.68. The van der Waals surface area contributed by atoms with Crippen molar-refractivity contribution in [1.29, 1.82) is 0 Å². The number of nitrogens with zero attached hydrogens (tertiary/aromatic N) is 2. The van der Waals surface area contributed by atoms with Crippen LogP contribution in [-0.4, -0.2) is 51.1 Å². The normalized spacial score (nSPS) is 15.4. The first-order valence-electron chi connectivity index (χ1n) is 8.88. The summed E-state index contributed by atoms with van der Waals surface area (Å²) in [6, 6.07) is 9.94. The molecular weight excluding hydrogens is 371 g/mol. The summed E-state index contributed by atoms with van der Waals surface area (Å²) in [4.78, 5) is 16.8. The minimum atomic E-state index is -4.49. The fourth-order valence-electron chi connectivity index (χ4n) is 3.09. The van der Waals surface area contributed by atoms with Gasteiger partial charge in [0.05, 0.1) is 24.0 Å². The number of carbonyl (C=O) groups excluding carboxylic acids is 1. The summed E-state index contributed by atoms with van der Waals surface area (Å²) in [5.74, 6) is 0.00425. The van der Waals surface area contributed by atoms with Crippen LogP contribution in [0, 0.1) is 0 Å². The third kappa shape index (κ3) is 4.56. The Kier molecular flexibility index (Phi) is 5.79. The Bertz CT molecular complexity index is 847. The van der Waals surface area contributed by atoms with Crippen molar-refractivity contribution in [3.05, 3.63) is 53.6 Å². The molecule has 2 aromatic carbocycles. The molecule has 8 heteroatoms. The predicted molar refractivity (Wildman–Crippen MR) is 102 cm³/mol. The zero-order valence-corrected chi connectivity index (χ0v) is 15.7. The van der Waals surface area contributed by atoms with Crippen LogP contribution in [0.25, 0.3) is 0 Å². The van der Waals surface area contributed by atoms with Crippen LogP contribution in [0.15, 0.2) is 42.5 Å². The minimum absolute atomic E-state index is 0.146. The number of ether oxygens (including phenoxy) is 1. The van der Waals surface area contributed by atoms with E-state index in [-0.39, 0.29) is 5.69 Å². The van der Waals surface area contributed by atoms with Crippen molar-refractivity contribution < 1.29 is 22.7 Å². The van der Waals surface area contributed by atoms with Gasteiger partial charge in [0.1, 0.15) is 5.75 Å². The number of anilines is 2. The molecule has 0 unspecified atom stereocenters. The number of methoxy groups -OCH3 is 1. The second kappa shape index (κ2) is 8.10. The van der Waals surface area contributed by atoms with Gasteiger partial charge in [-0.05, 0) is 43.4 Å². The fraction of sp³-hybridized carbons (Fsp3) is 0.350. The van der Waals surface area contributed by atoms with Crippen LogP contribution in [0.4, 0.5) is 24.5 Å². The summed E-state index contributed by atoms with van der Waals surface area (Å²) in [5.41, 5.74) is 0.233. The molecule has 0 atom stereocenters. The van der Waals surface area contributed by atoms with Gasteiger partial charge in [0.2, 0.25) is 0 Å². The predicted octanol–water partition coefficient (Wildman–Crippen LogP) is 3.72. The van der Waals surface area contributed by atoms with Gasteiger partial charge in [-0.2, -0.15) is 13.2 Å². The maximum Gasteiger partial charge on any atom is 0.416 e. The summed E-state index contributed by atoms with van der Waals surface area (Å²) >= 11 is 0. The van der Waals surface area contributed by atoms with E-state index in [1.165, 1.54) is 13.2 Å². The van der Waals surface area contributed by atoms with Crippen molar-refractivity contribution in [1.82, 2.24) is 4.90 Å². The zero-order chi connectivity index (χ0) is 20.3. The smallest absolute Gasteiger partial charge is 0.416 e. The Hall–Kier alpha value is -2.74. The van der Waals surface area contributed by atoms with Gasteiger partial charge in [-0.3, -0.25) is 4.79 Å². The summed E-state index contributed by atoms with van der Waals surface area (Å²) in [7, 11) is 3.48. The van der Waals surface area contributed by atoms with E-state index < -0.39 is 17.6 Å². The van der Waals surface area contributed by atoms with Crippen LogP contribution < -0.4 is 15.0 Å². The van der Waals surface area contributed by atoms with E-state index in [0.717, 1.165) is 25.2 Å². The van der Waals surface area contributed by atoms with Crippen molar-refractivity contribution >= 4 is 17.3 Å². The number of rotatable bonds is 4. The number of alkyl halides is 3. The van der Waals surface area contributed by atoms with Gasteiger partial charge in [0.15, 0.2) is 0 Å². The molecule has 1 aliphatic rings. The van der Waals surface area contributed by atoms with Gasteiger partial charge in [0.25, 0.3) is 5.91 Å². The van der Waals surface area contributed by atoms with Crippen molar-refractivity contribution in [2.24, 2.45) is 0 Å². The zero-order valence-electron chi connectivity index (χ0n) is 15.7. The summed E-state index contributed by atoms with van der Waals surface area (Å²) < 4.78 is 44.7. The summed E-state index contributed by atoms with van der Waals surface area (Å²) in [6.45, 7) is 2.93. The molecule has 0 bridgehead atoms. The van der Waals surface area contributed by atoms with Crippen LogP contribution in [0.2, 0.25) is 0 Å². The molecule has 1 fully saturated rings. The first-order chi connectivity index (χ1) is 13.3. The lowest BCUT2D eigenvalue weighted by Gasteiger charge is -2.35. The van der Waals surface area contributed by atoms with Gasteiger partial charge in [-0.1, -0.05) is 6.07 Å². The molecule has 0 spiro atoms. The van der Waals surface area contributed by atoms with Crippen LogP contribution >= 0.6 is 0 Å². The molecule has 0 saturated carbocycles. The highest BCUT2D eigenvalue weighted by molar-refractivity contribution is 6.06. The molecule has 1 amide bonds. The Morgan fingerprint density at radius 3 is 2.43 bits per heavy atom. The fourth-order valence-corrected chi connectivity index (χ4v) is 3.09. The summed E-state index contributed by atoms with van der Waals surface area (Å²) in [5, 5.41) is 2.65. The monoisotopic (exact) mass is 393 g/mol. The molecule has 1 saturated heterocycles. The quantitative estimate of drug-likeness (QED) is 0.860. The summed E-state index contributed by atoms with van der Waals surface area (Å²) in [6.07, 6.45) is -4.49. The van der Waals surface area contributed by atoms with E-state index >= 15 is 0 Å². The number of halogens is 3. The molecule has 3 rings (SSSR count). The van der Waals surface area contributed by atoms with E-state index in [1.807, 2.05) is 11.9 Å². The van der Waals surface area contributed by atoms with E-state index in [0.29, 0.717) is 30.1 Å². The topological polar surface area (TPSA) is 44.8 Å². The highest BCUT2D eigenvalue weighted by Crippen LogP contribution is 2.36. The Morgan fingerprint density at radius 2 is 1.79 bits per heavy atom.